The number of hydrogen-bond donors (Lipinski definition) is 3. The molecule has 0 aliphatic rings. The van der Waals surface area contributed by atoms with Gasteiger partial charge >= 0.3 is 0 Å². The lowest BCUT2D eigenvalue weighted by molar-refractivity contribution is -0.385. The predicted octanol–water partition coefficient (Wildman–Crippen LogP) is 0.646. The molecule has 0 saturated carbocycles. The Hall–Kier alpha value is -1.50. The predicted molar refractivity (Wildman–Crippen MR) is 62.5 cm³/mol. The van der Waals surface area contributed by atoms with E-state index in [1.165, 1.54) is 12.1 Å². The van der Waals surface area contributed by atoms with Crippen molar-refractivity contribution in [3.8, 4) is 0 Å². The van der Waals surface area contributed by atoms with Crippen LogP contribution in [0, 0.1) is 17.0 Å². The van der Waals surface area contributed by atoms with E-state index in [2.05, 4.69) is 0 Å². The van der Waals surface area contributed by atoms with Gasteiger partial charge in [-0.3, -0.25) is 10.1 Å². The lowest BCUT2D eigenvalue weighted by Crippen LogP contribution is -2.22. The summed E-state index contributed by atoms with van der Waals surface area (Å²) in [5, 5.41) is 30.2. The van der Waals surface area contributed by atoms with Crippen LogP contribution in [-0.4, -0.2) is 27.8 Å². The number of rotatable bonds is 5. The Morgan fingerprint density at radius 2 is 2.12 bits per heavy atom. The van der Waals surface area contributed by atoms with Gasteiger partial charge in [0, 0.05) is 11.6 Å². The van der Waals surface area contributed by atoms with Gasteiger partial charge in [0.05, 0.1) is 11.0 Å². The lowest BCUT2D eigenvalue weighted by Gasteiger charge is -2.19. The van der Waals surface area contributed by atoms with Gasteiger partial charge in [0.1, 0.15) is 6.10 Å². The molecule has 1 rings (SSSR count). The minimum absolute atomic E-state index is 0.0681. The molecule has 4 N–H and O–H groups in total. The van der Waals surface area contributed by atoms with E-state index in [1.54, 1.807) is 13.0 Å². The van der Waals surface area contributed by atoms with Crippen molar-refractivity contribution in [2.45, 2.75) is 25.6 Å². The molecule has 0 amide bonds. The first-order valence-electron chi connectivity index (χ1n) is 5.29. The van der Waals surface area contributed by atoms with E-state index in [-0.39, 0.29) is 18.7 Å². The Kier molecular flexibility index (Phi) is 4.56. The zero-order valence-electron chi connectivity index (χ0n) is 9.54. The summed E-state index contributed by atoms with van der Waals surface area (Å²) in [6, 6.07) is 4.41. The number of hydrogen-bond acceptors (Lipinski definition) is 5. The van der Waals surface area contributed by atoms with Crippen molar-refractivity contribution in [2.24, 2.45) is 5.73 Å². The van der Waals surface area contributed by atoms with Crippen molar-refractivity contribution >= 4 is 5.69 Å². The van der Waals surface area contributed by atoms with Crippen molar-refractivity contribution in [1.29, 1.82) is 0 Å². The first-order chi connectivity index (χ1) is 7.99. The van der Waals surface area contributed by atoms with E-state index in [9.17, 15) is 20.3 Å². The Labute approximate surface area is 98.8 Å². The van der Waals surface area contributed by atoms with Gasteiger partial charge in [-0.15, -0.1) is 0 Å². The fraction of sp³-hybridized carbons (Fsp3) is 0.455. The summed E-state index contributed by atoms with van der Waals surface area (Å²) < 4.78 is 0. The fourth-order valence-corrected chi connectivity index (χ4v) is 1.69. The zero-order chi connectivity index (χ0) is 13.0. The first kappa shape index (κ1) is 13.6. The summed E-state index contributed by atoms with van der Waals surface area (Å²) in [5.74, 6) is 0. The molecule has 0 spiro atoms. The minimum atomic E-state index is -1.15. The highest BCUT2D eigenvalue weighted by molar-refractivity contribution is 5.45. The van der Waals surface area contributed by atoms with Gasteiger partial charge in [0.25, 0.3) is 5.69 Å². The molecule has 0 fully saturated rings. The monoisotopic (exact) mass is 240 g/mol. The van der Waals surface area contributed by atoms with E-state index >= 15 is 0 Å². The van der Waals surface area contributed by atoms with Crippen molar-refractivity contribution in [2.75, 3.05) is 6.54 Å². The second-order valence-electron chi connectivity index (χ2n) is 3.84. The molecule has 1 aromatic rings. The molecule has 0 aliphatic carbocycles. The number of nitro benzene ring substituents is 1. The van der Waals surface area contributed by atoms with Crippen LogP contribution in [-0.2, 0) is 0 Å². The Morgan fingerprint density at radius 3 is 2.65 bits per heavy atom. The van der Waals surface area contributed by atoms with Gasteiger partial charge in [-0.1, -0.05) is 12.1 Å². The van der Waals surface area contributed by atoms with Crippen LogP contribution in [0.2, 0.25) is 0 Å². The Balaban J connectivity index is 3.06. The highest BCUT2D eigenvalue weighted by Crippen LogP contribution is 2.28. The summed E-state index contributed by atoms with van der Waals surface area (Å²) in [5.41, 5.74) is 5.94. The normalized spacial score (nSPS) is 14.4. The van der Waals surface area contributed by atoms with Gasteiger partial charge in [-0.05, 0) is 25.5 Å². The number of nitro groups is 1. The number of aliphatic hydroxyl groups is 2. The number of aliphatic hydroxyl groups excluding tert-OH is 2. The lowest BCUT2D eigenvalue weighted by atomic mass is 9.97. The van der Waals surface area contributed by atoms with Crippen LogP contribution in [0.1, 0.15) is 23.7 Å². The zero-order valence-corrected chi connectivity index (χ0v) is 9.54. The molecule has 0 radical (unpaired) electrons. The number of nitrogens with two attached hydrogens (primary N) is 1. The molecular formula is C11H16N2O4. The van der Waals surface area contributed by atoms with E-state index < -0.39 is 17.1 Å². The minimum Gasteiger partial charge on any atom is -0.390 e. The van der Waals surface area contributed by atoms with Crippen molar-refractivity contribution in [3.63, 3.8) is 0 Å². The van der Waals surface area contributed by atoms with Crippen LogP contribution in [0.5, 0.6) is 0 Å². The van der Waals surface area contributed by atoms with E-state index in [4.69, 9.17) is 5.73 Å². The third-order valence-electron chi connectivity index (χ3n) is 2.69. The fourth-order valence-electron chi connectivity index (χ4n) is 1.69. The van der Waals surface area contributed by atoms with Crippen LogP contribution in [0.4, 0.5) is 5.69 Å². The molecule has 2 unspecified atom stereocenters. The third kappa shape index (κ3) is 3.00. The van der Waals surface area contributed by atoms with Crippen LogP contribution in [0.15, 0.2) is 18.2 Å². The largest absolute Gasteiger partial charge is 0.390 e. The van der Waals surface area contributed by atoms with Crippen molar-refractivity contribution in [3.05, 3.63) is 39.4 Å². The maximum Gasteiger partial charge on any atom is 0.272 e. The molecule has 2 atom stereocenters. The summed E-state index contributed by atoms with van der Waals surface area (Å²) in [6.07, 6.45) is -1.93. The topological polar surface area (TPSA) is 110 Å². The molecule has 6 heteroatoms. The highest BCUT2D eigenvalue weighted by atomic mass is 16.6. The first-order valence-corrected chi connectivity index (χ1v) is 5.29. The van der Waals surface area contributed by atoms with Gasteiger partial charge in [0.2, 0.25) is 0 Å². The van der Waals surface area contributed by atoms with Crippen LogP contribution < -0.4 is 5.73 Å². The smallest absolute Gasteiger partial charge is 0.272 e. The third-order valence-corrected chi connectivity index (χ3v) is 2.69. The molecule has 0 aliphatic heterocycles. The van der Waals surface area contributed by atoms with Crippen molar-refractivity contribution < 1.29 is 15.1 Å². The summed E-state index contributed by atoms with van der Waals surface area (Å²) in [6.45, 7) is 1.79. The maximum absolute atomic E-state index is 10.7. The summed E-state index contributed by atoms with van der Waals surface area (Å²) in [4.78, 5) is 10.2. The van der Waals surface area contributed by atoms with Gasteiger partial charge < -0.3 is 15.9 Å². The molecule has 1 aromatic carbocycles. The molecular weight excluding hydrogens is 224 g/mol. The average molecular weight is 240 g/mol. The SMILES string of the molecule is Cc1c(C(O)C(O)CCN)cccc1[N+](=O)[O-]. The van der Waals surface area contributed by atoms with Gasteiger partial charge in [0.15, 0.2) is 0 Å². The molecule has 17 heavy (non-hydrogen) atoms. The molecule has 0 bridgehead atoms. The number of benzene rings is 1. The van der Waals surface area contributed by atoms with Crippen LogP contribution in [0.25, 0.3) is 0 Å². The molecule has 0 saturated heterocycles. The molecule has 6 nitrogen and oxygen atoms in total. The molecule has 0 heterocycles. The standard InChI is InChI=1S/C11H16N2O4/c1-7-8(11(15)10(14)5-6-12)3-2-4-9(7)13(16)17/h2-4,10-11,14-15H,5-6,12H2,1H3. The Morgan fingerprint density at radius 1 is 1.47 bits per heavy atom. The second kappa shape index (κ2) is 5.72. The quantitative estimate of drug-likeness (QED) is 0.517. The Bertz CT molecular complexity index is 408. The van der Waals surface area contributed by atoms with E-state index in [1.807, 2.05) is 0 Å². The summed E-state index contributed by atoms with van der Waals surface area (Å²) >= 11 is 0. The van der Waals surface area contributed by atoms with Crippen LogP contribution in [0.3, 0.4) is 0 Å². The van der Waals surface area contributed by atoms with E-state index in [0.717, 1.165) is 0 Å². The maximum atomic E-state index is 10.7. The second-order valence-corrected chi connectivity index (χ2v) is 3.84. The number of nitrogens with zero attached hydrogens (tertiary/aromatic N) is 1. The van der Waals surface area contributed by atoms with Gasteiger partial charge in [-0.25, -0.2) is 0 Å². The highest BCUT2D eigenvalue weighted by Gasteiger charge is 2.23. The summed E-state index contributed by atoms with van der Waals surface area (Å²) in [7, 11) is 0. The average Bonchev–Trinajstić information content (AvgIpc) is 2.28. The van der Waals surface area contributed by atoms with Gasteiger partial charge in [-0.2, -0.15) is 0 Å². The van der Waals surface area contributed by atoms with E-state index in [0.29, 0.717) is 11.1 Å². The van der Waals surface area contributed by atoms with Crippen molar-refractivity contribution in [1.82, 2.24) is 0 Å². The molecule has 94 valence electrons. The van der Waals surface area contributed by atoms with Crippen LogP contribution >= 0.6 is 0 Å². The molecule has 0 aromatic heterocycles.